The Balaban J connectivity index is 2.06. The van der Waals surface area contributed by atoms with Gasteiger partial charge in [-0.25, -0.2) is 0 Å². The van der Waals surface area contributed by atoms with Crippen molar-refractivity contribution < 1.29 is 14.3 Å². The summed E-state index contributed by atoms with van der Waals surface area (Å²) in [6.07, 6.45) is 7.47. The number of carbonyl (C=O) groups is 2. The molecule has 1 aliphatic heterocycles. The Kier molecular flexibility index (Phi) is 3.01. The van der Waals surface area contributed by atoms with E-state index in [4.69, 9.17) is 4.74 Å². The number of nitrogens with zero attached hydrogens (tertiary/aromatic N) is 1. The SMILES string of the molecule is C=CC(C)C1CC2=C(C(=O)C1=O)C1=C(C=C1)N=CCO2. The van der Waals surface area contributed by atoms with E-state index in [2.05, 4.69) is 11.6 Å². The van der Waals surface area contributed by atoms with Crippen molar-refractivity contribution in [3.05, 3.63) is 47.4 Å². The quantitative estimate of drug-likeness (QED) is 0.570. The first-order valence-corrected chi connectivity index (χ1v) is 6.65. The van der Waals surface area contributed by atoms with Crippen molar-refractivity contribution in [2.24, 2.45) is 16.8 Å². The van der Waals surface area contributed by atoms with Crippen LogP contribution in [0.3, 0.4) is 0 Å². The zero-order valence-corrected chi connectivity index (χ0v) is 11.3. The highest BCUT2D eigenvalue weighted by atomic mass is 16.5. The van der Waals surface area contributed by atoms with E-state index in [1.165, 1.54) is 0 Å². The first kappa shape index (κ1) is 12.8. The van der Waals surface area contributed by atoms with Crippen molar-refractivity contribution in [1.82, 2.24) is 0 Å². The molecule has 0 aromatic carbocycles. The fourth-order valence-electron chi connectivity index (χ4n) is 2.64. The molecule has 4 heteroatoms. The van der Waals surface area contributed by atoms with Gasteiger partial charge in [-0.3, -0.25) is 14.6 Å². The molecule has 0 spiro atoms. The van der Waals surface area contributed by atoms with Crippen LogP contribution in [0, 0.1) is 11.8 Å². The highest BCUT2D eigenvalue weighted by Crippen LogP contribution is 2.38. The van der Waals surface area contributed by atoms with Gasteiger partial charge < -0.3 is 4.74 Å². The second-order valence-corrected chi connectivity index (χ2v) is 5.15. The maximum absolute atomic E-state index is 12.4. The van der Waals surface area contributed by atoms with Gasteiger partial charge in [0, 0.05) is 24.1 Å². The molecule has 0 bridgehead atoms. The number of Topliss-reactive ketones (excluding diaryl/α,β-unsaturated/α-hetero) is 2. The van der Waals surface area contributed by atoms with Gasteiger partial charge in [-0.1, -0.05) is 13.0 Å². The first-order valence-electron chi connectivity index (χ1n) is 6.65. The second-order valence-electron chi connectivity index (χ2n) is 5.15. The lowest BCUT2D eigenvalue weighted by Gasteiger charge is -2.30. The molecule has 3 rings (SSSR count). The summed E-state index contributed by atoms with van der Waals surface area (Å²) in [6, 6.07) is 0. The molecule has 0 N–H and O–H groups in total. The smallest absolute Gasteiger partial charge is 0.232 e. The molecule has 1 heterocycles. The summed E-state index contributed by atoms with van der Waals surface area (Å²) >= 11 is 0. The van der Waals surface area contributed by atoms with Crippen molar-refractivity contribution in [3.8, 4) is 0 Å². The number of aliphatic imine (C=N–C) groups is 1. The molecule has 0 saturated heterocycles. The molecular weight excluding hydrogens is 254 g/mol. The molecule has 0 amide bonds. The molecule has 4 nitrogen and oxygen atoms in total. The minimum absolute atomic E-state index is 0.0476. The van der Waals surface area contributed by atoms with E-state index in [0.717, 1.165) is 11.3 Å². The minimum Gasteiger partial charge on any atom is -0.491 e. The molecule has 0 aromatic heterocycles. The Hall–Kier alpha value is -2.23. The van der Waals surface area contributed by atoms with E-state index < -0.39 is 5.78 Å². The fourth-order valence-corrected chi connectivity index (χ4v) is 2.64. The maximum atomic E-state index is 12.4. The van der Waals surface area contributed by atoms with Gasteiger partial charge in [0.05, 0.1) is 11.3 Å². The highest BCUT2D eigenvalue weighted by Gasteiger charge is 2.41. The van der Waals surface area contributed by atoms with Crippen molar-refractivity contribution >= 4 is 17.8 Å². The number of hydrogen-bond acceptors (Lipinski definition) is 4. The summed E-state index contributed by atoms with van der Waals surface area (Å²) < 4.78 is 5.64. The fraction of sp³-hybridized carbons (Fsp3) is 0.312. The third kappa shape index (κ3) is 1.80. The van der Waals surface area contributed by atoms with Crippen LogP contribution in [0.1, 0.15) is 13.3 Å². The molecule has 2 aliphatic carbocycles. The van der Waals surface area contributed by atoms with E-state index in [0.29, 0.717) is 24.4 Å². The van der Waals surface area contributed by atoms with Gasteiger partial charge in [0.15, 0.2) is 0 Å². The van der Waals surface area contributed by atoms with Gasteiger partial charge in [-0.15, -0.1) is 6.58 Å². The summed E-state index contributed by atoms with van der Waals surface area (Å²) in [6.45, 7) is 5.92. The van der Waals surface area contributed by atoms with Gasteiger partial charge in [-0.2, -0.15) is 0 Å². The lowest BCUT2D eigenvalue weighted by Crippen LogP contribution is -2.36. The lowest BCUT2D eigenvalue weighted by molar-refractivity contribution is -0.138. The van der Waals surface area contributed by atoms with Crippen molar-refractivity contribution in [3.63, 3.8) is 0 Å². The van der Waals surface area contributed by atoms with Gasteiger partial charge in [0.1, 0.15) is 12.4 Å². The van der Waals surface area contributed by atoms with Gasteiger partial charge in [0.25, 0.3) is 0 Å². The summed E-state index contributed by atoms with van der Waals surface area (Å²) in [5, 5.41) is 0. The van der Waals surface area contributed by atoms with E-state index >= 15 is 0 Å². The van der Waals surface area contributed by atoms with Crippen molar-refractivity contribution in [1.29, 1.82) is 0 Å². The molecule has 3 aliphatic rings. The number of ether oxygens (including phenoxy) is 1. The van der Waals surface area contributed by atoms with E-state index in [-0.39, 0.29) is 17.6 Å². The summed E-state index contributed by atoms with van der Waals surface area (Å²) in [7, 11) is 0. The molecule has 2 atom stereocenters. The average Bonchev–Trinajstić information content (AvgIpc) is 2.42. The number of fused-ring (bicyclic) bond motifs is 1. The van der Waals surface area contributed by atoms with Crippen LogP contribution in [0.25, 0.3) is 0 Å². The van der Waals surface area contributed by atoms with E-state index in [9.17, 15) is 9.59 Å². The minimum atomic E-state index is -0.459. The number of rotatable bonds is 2. The van der Waals surface area contributed by atoms with Crippen molar-refractivity contribution in [2.75, 3.05) is 6.61 Å². The van der Waals surface area contributed by atoms with Crippen molar-refractivity contribution in [2.45, 2.75) is 13.3 Å². The summed E-state index contributed by atoms with van der Waals surface area (Å²) in [5.41, 5.74) is 1.87. The normalized spacial score (nSPS) is 26.1. The number of ketones is 2. The van der Waals surface area contributed by atoms with Crippen LogP contribution in [0.2, 0.25) is 0 Å². The Morgan fingerprint density at radius 1 is 1.45 bits per heavy atom. The number of hydrogen-bond donors (Lipinski definition) is 0. The Labute approximate surface area is 117 Å². The number of carbonyl (C=O) groups excluding carboxylic acids is 2. The van der Waals surface area contributed by atoms with Gasteiger partial charge in [-0.05, 0) is 18.1 Å². The third-order valence-corrected chi connectivity index (χ3v) is 3.99. The Morgan fingerprint density at radius 3 is 2.90 bits per heavy atom. The third-order valence-electron chi connectivity index (χ3n) is 3.99. The number of allylic oxidation sites excluding steroid dienone is 6. The predicted octanol–water partition coefficient (Wildman–Crippen LogP) is 2.15. The highest BCUT2D eigenvalue weighted by molar-refractivity contribution is 6.46. The Bertz CT molecular complexity index is 634. The topological polar surface area (TPSA) is 55.7 Å². The predicted molar refractivity (Wildman–Crippen MR) is 75.1 cm³/mol. The van der Waals surface area contributed by atoms with Crippen LogP contribution in [0.15, 0.2) is 52.4 Å². The van der Waals surface area contributed by atoms with Crippen LogP contribution < -0.4 is 0 Å². The summed E-state index contributed by atoms with van der Waals surface area (Å²) in [4.78, 5) is 28.9. The Morgan fingerprint density at radius 2 is 2.25 bits per heavy atom. The standard InChI is InChI=1S/C16H15NO3/c1-3-9(2)11-8-13-14(16(19)15(11)18)10-4-5-12(10)17-6-7-20-13/h3-6,9,11H,1,7-8H2,2H3. The largest absolute Gasteiger partial charge is 0.491 e. The molecule has 0 fully saturated rings. The van der Waals surface area contributed by atoms with Crippen LogP contribution >= 0.6 is 0 Å². The molecule has 0 radical (unpaired) electrons. The zero-order valence-electron chi connectivity index (χ0n) is 11.3. The second kappa shape index (κ2) is 4.71. The molecule has 102 valence electrons. The lowest BCUT2D eigenvalue weighted by atomic mass is 9.75. The van der Waals surface area contributed by atoms with Crippen LogP contribution in [0.4, 0.5) is 0 Å². The van der Waals surface area contributed by atoms with Gasteiger partial charge >= 0.3 is 0 Å². The summed E-state index contributed by atoms with van der Waals surface area (Å²) in [5.74, 6) is -0.622. The zero-order chi connectivity index (χ0) is 14.3. The monoisotopic (exact) mass is 269 g/mol. The van der Waals surface area contributed by atoms with Crippen LogP contribution in [-0.2, 0) is 14.3 Å². The van der Waals surface area contributed by atoms with E-state index in [1.807, 2.05) is 13.0 Å². The van der Waals surface area contributed by atoms with Crippen LogP contribution in [0.5, 0.6) is 0 Å². The molecular formula is C16H15NO3. The maximum Gasteiger partial charge on any atom is 0.232 e. The first-order chi connectivity index (χ1) is 9.63. The molecule has 0 saturated carbocycles. The average molecular weight is 269 g/mol. The van der Waals surface area contributed by atoms with Crippen LogP contribution in [-0.4, -0.2) is 24.4 Å². The molecule has 2 unspecified atom stereocenters. The molecule has 0 aromatic rings. The van der Waals surface area contributed by atoms with E-state index in [1.54, 1.807) is 18.4 Å². The molecule has 20 heavy (non-hydrogen) atoms. The van der Waals surface area contributed by atoms with Gasteiger partial charge in [0.2, 0.25) is 11.6 Å².